The normalized spacial score (nSPS) is 17.1. The van der Waals surface area contributed by atoms with Gasteiger partial charge < -0.3 is 19.5 Å². The van der Waals surface area contributed by atoms with Crippen LogP contribution in [0.1, 0.15) is 22.7 Å². The maximum absolute atomic E-state index is 13.3. The summed E-state index contributed by atoms with van der Waals surface area (Å²) in [6.45, 7) is 0.0931. The molecule has 4 rings (SSSR count). The molecule has 1 amide bonds. The molecule has 0 saturated carbocycles. The summed E-state index contributed by atoms with van der Waals surface area (Å²) in [6.07, 6.45) is 3.18. The summed E-state index contributed by atoms with van der Waals surface area (Å²) >= 11 is 18.6. The highest BCUT2D eigenvalue weighted by atomic mass is 35.5. The van der Waals surface area contributed by atoms with Crippen LogP contribution in [0.2, 0.25) is 15.1 Å². The van der Waals surface area contributed by atoms with E-state index in [2.05, 4.69) is 4.98 Å². The standard InChI is InChI=1S/C25H19Cl3N2O5/c1-34-19-11-18(28)20(35-2)10-15(19)23(31)21-22(14-3-4-16(26)17(27)9-14)30(25(33)24(21)32)12-13-5-7-29-8-6-13/h3-11,22,31H,12H2,1-2H3/b23-21+. The zero-order valence-corrected chi connectivity index (χ0v) is 20.9. The van der Waals surface area contributed by atoms with Crippen molar-refractivity contribution in [3.05, 3.63) is 92.2 Å². The van der Waals surface area contributed by atoms with E-state index in [1.807, 2.05) is 0 Å². The molecule has 0 bridgehead atoms. The first kappa shape index (κ1) is 24.9. The summed E-state index contributed by atoms with van der Waals surface area (Å²) in [6, 6.07) is 10.2. The minimum Gasteiger partial charge on any atom is -0.507 e. The number of benzene rings is 2. The van der Waals surface area contributed by atoms with Gasteiger partial charge in [-0.1, -0.05) is 40.9 Å². The topological polar surface area (TPSA) is 89.0 Å². The average molecular weight is 534 g/mol. The van der Waals surface area contributed by atoms with E-state index < -0.39 is 23.5 Å². The van der Waals surface area contributed by atoms with Gasteiger partial charge in [-0.05, 0) is 41.5 Å². The number of carbonyl (C=O) groups is 2. The van der Waals surface area contributed by atoms with Gasteiger partial charge in [0.1, 0.15) is 17.3 Å². The van der Waals surface area contributed by atoms with E-state index >= 15 is 0 Å². The Balaban J connectivity index is 1.95. The van der Waals surface area contributed by atoms with Gasteiger partial charge in [0, 0.05) is 25.0 Å². The van der Waals surface area contributed by atoms with Gasteiger partial charge in [-0.25, -0.2) is 0 Å². The van der Waals surface area contributed by atoms with Crippen molar-refractivity contribution in [3.8, 4) is 11.5 Å². The molecule has 1 aromatic heterocycles. The van der Waals surface area contributed by atoms with Crippen LogP contribution in [0.4, 0.5) is 0 Å². The Morgan fingerprint density at radius 3 is 2.26 bits per heavy atom. The molecular formula is C25H19Cl3N2O5. The lowest BCUT2D eigenvalue weighted by Crippen LogP contribution is -2.29. The number of aliphatic hydroxyl groups excluding tert-OH is 1. The molecule has 35 heavy (non-hydrogen) atoms. The van der Waals surface area contributed by atoms with Gasteiger partial charge in [0.15, 0.2) is 0 Å². The molecule has 10 heteroatoms. The van der Waals surface area contributed by atoms with Gasteiger partial charge in [-0.15, -0.1) is 0 Å². The smallest absolute Gasteiger partial charge is 0.295 e. The molecule has 1 aliphatic heterocycles. The van der Waals surface area contributed by atoms with Gasteiger partial charge in [0.2, 0.25) is 0 Å². The molecule has 2 heterocycles. The summed E-state index contributed by atoms with van der Waals surface area (Å²) in [4.78, 5) is 31.9. The van der Waals surface area contributed by atoms with Gasteiger partial charge in [-0.2, -0.15) is 0 Å². The fourth-order valence-electron chi connectivity index (χ4n) is 3.95. The third-order valence-electron chi connectivity index (χ3n) is 5.63. The average Bonchev–Trinajstić information content (AvgIpc) is 3.10. The van der Waals surface area contributed by atoms with Crippen molar-refractivity contribution in [2.24, 2.45) is 0 Å². The Hall–Kier alpha value is -3.26. The lowest BCUT2D eigenvalue weighted by molar-refractivity contribution is -0.140. The molecule has 2 aromatic carbocycles. The number of hydrogen-bond donors (Lipinski definition) is 1. The summed E-state index contributed by atoms with van der Waals surface area (Å²) < 4.78 is 10.6. The van der Waals surface area contributed by atoms with Crippen molar-refractivity contribution in [1.29, 1.82) is 0 Å². The van der Waals surface area contributed by atoms with E-state index in [1.54, 1.807) is 42.7 Å². The van der Waals surface area contributed by atoms with E-state index in [4.69, 9.17) is 44.3 Å². The largest absolute Gasteiger partial charge is 0.507 e. The summed E-state index contributed by atoms with van der Waals surface area (Å²) in [5.41, 5.74) is 1.25. The van der Waals surface area contributed by atoms with Crippen molar-refractivity contribution >= 4 is 52.3 Å². The first-order chi connectivity index (χ1) is 16.8. The fraction of sp³-hybridized carbons (Fsp3) is 0.160. The molecule has 7 nitrogen and oxygen atoms in total. The quantitative estimate of drug-likeness (QED) is 0.249. The first-order valence-electron chi connectivity index (χ1n) is 10.3. The van der Waals surface area contributed by atoms with Gasteiger partial charge >= 0.3 is 0 Å². The second kappa shape index (κ2) is 10.2. The third kappa shape index (κ3) is 4.67. The highest BCUT2D eigenvalue weighted by Crippen LogP contribution is 2.44. The molecular weight excluding hydrogens is 515 g/mol. The van der Waals surface area contributed by atoms with Gasteiger partial charge in [-0.3, -0.25) is 14.6 Å². The molecule has 1 saturated heterocycles. The van der Waals surface area contributed by atoms with E-state index in [0.29, 0.717) is 10.6 Å². The number of aromatic nitrogens is 1. The minimum atomic E-state index is -0.954. The van der Waals surface area contributed by atoms with Crippen LogP contribution >= 0.6 is 34.8 Å². The Morgan fingerprint density at radius 2 is 1.63 bits per heavy atom. The summed E-state index contributed by atoms with van der Waals surface area (Å²) in [5, 5.41) is 12.2. The van der Waals surface area contributed by atoms with Crippen LogP contribution in [-0.2, 0) is 16.1 Å². The van der Waals surface area contributed by atoms with Crippen LogP contribution in [0, 0.1) is 0 Å². The number of rotatable bonds is 6. The maximum Gasteiger partial charge on any atom is 0.295 e. The second-order valence-electron chi connectivity index (χ2n) is 7.64. The number of nitrogens with zero attached hydrogens (tertiary/aromatic N) is 2. The van der Waals surface area contributed by atoms with Crippen LogP contribution in [0.5, 0.6) is 11.5 Å². The predicted octanol–water partition coefficient (Wildman–Crippen LogP) is 5.68. The number of hydrogen-bond acceptors (Lipinski definition) is 6. The van der Waals surface area contributed by atoms with Crippen molar-refractivity contribution < 1.29 is 24.2 Å². The van der Waals surface area contributed by atoms with Crippen molar-refractivity contribution in [1.82, 2.24) is 9.88 Å². The number of amides is 1. The lowest BCUT2D eigenvalue weighted by atomic mass is 9.94. The van der Waals surface area contributed by atoms with E-state index in [9.17, 15) is 14.7 Å². The fourth-order valence-corrected chi connectivity index (χ4v) is 4.48. The Morgan fingerprint density at radius 1 is 0.943 bits per heavy atom. The molecule has 1 N–H and O–H groups in total. The number of ketones is 1. The van der Waals surface area contributed by atoms with Crippen LogP contribution in [-0.4, -0.2) is 40.9 Å². The Kier molecular flexibility index (Phi) is 7.21. The van der Waals surface area contributed by atoms with Crippen molar-refractivity contribution in [2.75, 3.05) is 14.2 Å². The molecule has 0 spiro atoms. The zero-order chi connectivity index (χ0) is 25.3. The van der Waals surface area contributed by atoms with Gasteiger partial charge in [0.05, 0.1) is 46.5 Å². The Bertz CT molecular complexity index is 1340. The van der Waals surface area contributed by atoms with Crippen LogP contribution < -0.4 is 9.47 Å². The first-order valence-corrected chi connectivity index (χ1v) is 11.4. The number of carbonyl (C=O) groups excluding carboxylic acids is 2. The molecule has 3 aromatic rings. The third-order valence-corrected chi connectivity index (χ3v) is 6.67. The van der Waals surface area contributed by atoms with Crippen LogP contribution in [0.15, 0.2) is 60.4 Å². The number of Topliss-reactive ketones (excluding diaryl/α,β-unsaturated/α-hetero) is 1. The summed E-state index contributed by atoms with van der Waals surface area (Å²) in [7, 11) is 2.81. The van der Waals surface area contributed by atoms with Crippen molar-refractivity contribution in [3.63, 3.8) is 0 Å². The number of pyridine rings is 1. The molecule has 180 valence electrons. The molecule has 0 aliphatic carbocycles. The monoisotopic (exact) mass is 532 g/mol. The number of ether oxygens (including phenoxy) is 2. The SMILES string of the molecule is COc1cc(/C(O)=C2\C(=O)C(=O)N(Cc3ccncc3)C2c2ccc(Cl)c(Cl)c2)c(OC)cc1Cl. The van der Waals surface area contributed by atoms with E-state index in [0.717, 1.165) is 5.56 Å². The number of halogens is 3. The molecule has 1 fully saturated rings. The number of likely N-dealkylation sites (tertiary alicyclic amines) is 1. The lowest BCUT2D eigenvalue weighted by Gasteiger charge is -2.26. The number of aliphatic hydroxyl groups is 1. The number of methoxy groups -OCH3 is 2. The van der Waals surface area contributed by atoms with Crippen molar-refractivity contribution in [2.45, 2.75) is 12.6 Å². The summed E-state index contributed by atoms with van der Waals surface area (Å²) in [5.74, 6) is -1.63. The highest BCUT2D eigenvalue weighted by molar-refractivity contribution is 6.47. The molecule has 0 radical (unpaired) electrons. The van der Waals surface area contributed by atoms with E-state index in [1.165, 1.54) is 31.3 Å². The molecule has 1 aliphatic rings. The van der Waals surface area contributed by atoms with Crippen LogP contribution in [0.3, 0.4) is 0 Å². The van der Waals surface area contributed by atoms with Crippen LogP contribution in [0.25, 0.3) is 5.76 Å². The molecule has 1 unspecified atom stereocenters. The predicted molar refractivity (Wildman–Crippen MR) is 133 cm³/mol. The zero-order valence-electron chi connectivity index (χ0n) is 18.6. The highest BCUT2D eigenvalue weighted by Gasteiger charge is 2.46. The minimum absolute atomic E-state index is 0.0931. The maximum atomic E-state index is 13.3. The second-order valence-corrected chi connectivity index (χ2v) is 8.86. The van der Waals surface area contributed by atoms with E-state index in [-0.39, 0.29) is 39.2 Å². The van der Waals surface area contributed by atoms with Gasteiger partial charge in [0.25, 0.3) is 11.7 Å². The Labute approximate surface area is 216 Å². The molecule has 1 atom stereocenters.